The van der Waals surface area contributed by atoms with Crippen LogP contribution in [0.15, 0.2) is 66.4 Å². The molecule has 1 aliphatic heterocycles. The molecular formula is C20H27NSi2. The Bertz CT molecular complexity index is 697. The van der Waals surface area contributed by atoms with Gasteiger partial charge in [-0.2, -0.15) is 0 Å². The van der Waals surface area contributed by atoms with E-state index in [1.807, 2.05) is 0 Å². The SMILES string of the molecule is C/C(=C/N1[Si](C)(C)c2ccccc2[Si]1(C)C)Cc1ccccc1. The maximum absolute atomic E-state index is 2.81. The van der Waals surface area contributed by atoms with E-state index in [0.29, 0.717) is 0 Å². The van der Waals surface area contributed by atoms with Crippen LogP contribution < -0.4 is 10.4 Å². The molecule has 3 heteroatoms. The zero-order valence-corrected chi connectivity index (χ0v) is 16.9. The first-order chi connectivity index (χ1) is 10.8. The second kappa shape index (κ2) is 5.80. The molecule has 0 saturated heterocycles. The van der Waals surface area contributed by atoms with Crippen molar-refractivity contribution in [3.63, 3.8) is 0 Å². The second-order valence-electron chi connectivity index (χ2n) is 7.67. The number of allylic oxidation sites excluding steroid dienone is 1. The average molecular weight is 338 g/mol. The largest absolute Gasteiger partial charge is 0.424 e. The Morgan fingerprint density at radius 2 is 1.30 bits per heavy atom. The zero-order valence-electron chi connectivity index (χ0n) is 14.9. The predicted molar refractivity (Wildman–Crippen MR) is 106 cm³/mol. The van der Waals surface area contributed by atoms with Gasteiger partial charge in [0.2, 0.25) is 0 Å². The minimum Gasteiger partial charge on any atom is -0.424 e. The highest BCUT2D eigenvalue weighted by Crippen LogP contribution is 2.27. The molecule has 3 rings (SSSR count). The van der Waals surface area contributed by atoms with Crippen LogP contribution in [0.1, 0.15) is 12.5 Å². The minimum absolute atomic E-state index is 1.04. The van der Waals surface area contributed by atoms with E-state index in [0.717, 1.165) is 6.42 Å². The monoisotopic (exact) mass is 337 g/mol. The Labute approximate surface area is 142 Å². The van der Waals surface area contributed by atoms with Crippen molar-refractivity contribution in [2.75, 3.05) is 0 Å². The lowest BCUT2D eigenvalue weighted by atomic mass is 10.1. The van der Waals surface area contributed by atoms with E-state index < -0.39 is 16.5 Å². The molecular weight excluding hydrogens is 310 g/mol. The van der Waals surface area contributed by atoms with Crippen molar-refractivity contribution >= 4 is 26.8 Å². The fourth-order valence-corrected chi connectivity index (χ4v) is 16.3. The van der Waals surface area contributed by atoms with Gasteiger partial charge in [-0.15, -0.1) is 0 Å². The average Bonchev–Trinajstić information content (AvgIpc) is 2.67. The molecule has 0 N–H and O–H groups in total. The van der Waals surface area contributed by atoms with Gasteiger partial charge in [-0.25, -0.2) is 0 Å². The first-order valence-electron chi connectivity index (χ1n) is 8.44. The topological polar surface area (TPSA) is 3.24 Å². The van der Waals surface area contributed by atoms with Crippen LogP contribution >= 0.6 is 0 Å². The van der Waals surface area contributed by atoms with Crippen molar-refractivity contribution in [3.8, 4) is 0 Å². The smallest absolute Gasteiger partial charge is 0.173 e. The summed E-state index contributed by atoms with van der Waals surface area (Å²) in [5, 5.41) is 3.28. The van der Waals surface area contributed by atoms with Crippen LogP contribution in [0, 0.1) is 0 Å². The molecule has 1 nitrogen and oxygen atoms in total. The van der Waals surface area contributed by atoms with Gasteiger partial charge in [0.05, 0.1) is 0 Å². The summed E-state index contributed by atoms with van der Waals surface area (Å²) < 4.78 is 2.81. The van der Waals surface area contributed by atoms with Gasteiger partial charge in [-0.05, 0) is 61.7 Å². The summed E-state index contributed by atoms with van der Waals surface area (Å²) >= 11 is 0. The quantitative estimate of drug-likeness (QED) is 0.766. The lowest BCUT2D eigenvalue weighted by Crippen LogP contribution is -2.57. The first kappa shape index (κ1) is 16.3. The highest BCUT2D eigenvalue weighted by Gasteiger charge is 2.50. The van der Waals surface area contributed by atoms with Gasteiger partial charge in [0.1, 0.15) is 0 Å². The van der Waals surface area contributed by atoms with E-state index in [1.54, 1.807) is 10.4 Å². The Balaban J connectivity index is 1.95. The van der Waals surface area contributed by atoms with Gasteiger partial charge in [0, 0.05) is 0 Å². The van der Waals surface area contributed by atoms with E-state index in [2.05, 4.69) is 98.1 Å². The Hall–Kier alpha value is -1.59. The van der Waals surface area contributed by atoms with E-state index in [9.17, 15) is 0 Å². The molecule has 120 valence electrons. The summed E-state index contributed by atoms with van der Waals surface area (Å²) in [4.78, 5) is 0. The molecule has 2 aromatic rings. The van der Waals surface area contributed by atoms with Crippen molar-refractivity contribution in [3.05, 3.63) is 71.9 Å². The summed E-state index contributed by atoms with van der Waals surface area (Å²) in [6.07, 6.45) is 3.54. The molecule has 0 atom stereocenters. The third kappa shape index (κ3) is 2.83. The fraction of sp³-hybridized carbons (Fsp3) is 0.300. The van der Waals surface area contributed by atoms with E-state index in [1.165, 1.54) is 11.1 Å². The molecule has 0 radical (unpaired) electrons. The van der Waals surface area contributed by atoms with E-state index in [4.69, 9.17) is 0 Å². The maximum Gasteiger partial charge on any atom is 0.173 e. The van der Waals surface area contributed by atoms with E-state index >= 15 is 0 Å². The van der Waals surface area contributed by atoms with Crippen molar-refractivity contribution in [2.45, 2.75) is 39.5 Å². The summed E-state index contributed by atoms with van der Waals surface area (Å²) in [6.45, 7) is 12.3. The number of nitrogens with zero attached hydrogens (tertiary/aromatic N) is 1. The molecule has 0 aromatic heterocycles. The van der Waals surface area contributed by atoms with Gasteiger partial charge >= 0.3 is 0 Å². The number of fused-ring (bicyclic) bond motifs is 1. The van der Waals surface area contributed by atoms with Crippen LogP contribution in [0.25, 0.3) is 0 Å². The van der Waals surface area contributed by atoms with E-state index in [-0.39, 0.29) is 0 Å². The molecule has 0 spiro atoms. The lowest BCUT2D eigenvalue weighted by molar-refractivity contribution is 0.838. The molecule has 0 aliphatic carbocycles. The Kier molecular flexibility index (Phi) is 4.11. The molecule has 0 saturated carbocycles. The number of hydrogen-bond acceptors (Lipinski definition) is 1. The van der Waals surface area contributed by atoms with Crippen molar-refractivity contribution in [1.82, 2.24) is 4.23 Å². The molecule has 1 heterocycles. The standard InChI is InChI=1S/C20H27NSi2/c1-17(15-18-11-7-6-8-12-18)16-21-22(2,3)19-13-9-10-14-20(19)23(21,4)5/h6-14,16H,15H2,1-5H3/b17-16-. The summed E-state index contributed by atoms with van der Waals surface area (Å²) in [6, 6.07) is 20.0. The summed E-state index contributed by atoms with van der Waals surface area (Å²) in [5.41, 5.74) is 2.86. The van der Waals surface area contributed by atoms with Gasteiger partial charge in [0.25, 0.3) is 0 Å². The van der Waals surface area contributed by atoms with Crippen LogP contribution in [-0.2, 0) is 6.42 Å². The van der Waals surface area contributed by atoms with Crippen LogP contribution in [-0.4, -0.2) is 20.7 Å². The van der Waals surface area contributed by atoms with Crippen LogP contribution in [0.3, 0.4) is 0 Å². The molecule has 0 bridgehead atoms. The Morgan fingerprint density at radius 1 is 0.826 bits per heavy atom. The number of rotatable bonds is 3. The number of benzene rings is 2. The van der Waals surface area contributed by atoms with Gasteiger partial charge in [-0.1, -0.05) is 60.2 Å². The third-order valence-electron chi connectivity index (χ3n) is 5.13. The molecule has 0 fully saturated rings. The summed E-state index contributed by atoms with van der Waals surface area (Å²) in [5.74, 6) is 0. The predicted octanol–water partition coefficient (Wildman–Crippen LogP) is 3.97. The van der Waals surface area contributed by atoms with Crippen LogP contribution in [0.5, 0.6) is 0 Å². The summed E-state index contributed by atoms with van der Waals surface area (Å²) in [7, 11) is -3.17. The Morgan fingerprint density at radius 3 is 1.83 bits per heavy atom. The highest BCUT2D eigenvalue weighted by atomic mass is 28.4. The zero-order chi connectivity index (χ0) is 16.7. The lowest BCUT2D eigenvalue weighted by Gasteiger charge is -2.39. The number of hydrogen-bond donors (Lipinski definition) is 0. The maximum atomic E-state index is 2.81. The molecule has 0 unspecified atom stereocenters. The van der Waals surface area contributed by atoms with Crippen molar-refractivity contribution in [1.29, 1.82) is 0 Å². The minimum atomic E-state index is -1.59. The van der Waals surface area contributed by atoms with Crippen LogP contribution in [0.2, 0.25) is 26.2 Å². The molecule has 2 aromatic carbocycles. The molecule has 23 heavy (non-hydrogen) atoms. The normalized spacial score (nSPS) is 18.8. The second-order valence-corrected chi connectivity index (χ2v) is 16.4. The van der Waals surface area contributed by atoms with Gasteiger partial charge < -0.3 is 4.23 Å². The third-order valence-corrected chi connectivity index (χ3v) is 14.9. The van der Waals surface area contributed by atoms with Gasteiger partial charge in [-0.3, -0.25) is 0 Å². The molecule has 0 amide bonds. The van der Waals surface area contributed by atoms with Crippen molar-refractivity contribution < 1.29 is 0 Å². The highest BCUT2D eigenvalue weighted by molar-refractivity contribution is 7.10. The van der Waals surface area contributed by atoms with Crippen molar-refractivity contribution in [2.24, 2.45) is 0 Å². The molecule has 1 aliphatic rings. The first-order valence-corrected chi connectivity index (χ1v) is 14.3. The van der Waals surface area contributed by atoms with Crippen LogP contribution in [0.4, 0.5) is 0 Å². The fourth-order valence-electron chi connectivity index (χ4n) is 4.02. The van der Waals surface area contributed by atoms with Gasteiger partial charge in [0.15, 0.2) is 16.5 Å².